The van der Waals surface area contributed by atoms with E-state index >= 15 is 0 Å². The molecule has 2 N–H and O–H groups in total. The topological polar surface area (TPSA) is 43.1 Å². The Hall–Kier alpha value is -1.16. The predicted octanol–water partition coefficient (Wildman–Crippen LogP) is -1.09. The lowest BCUT2D eigenvalue weighted by molar-refractivity contribution is -0.911. The number of rotatable bonds is 7. The van der Waals surface area contributed by atoms with E-state index in [1.54, 1.807) is 0 Å². The smallest absolute Gasteiger partial charge is 0.217 e. The van der Waals surface area contributed by atoms with Crippen molar-refractivity contribution in [3.05, 3.63) is 48.6 Å². The first-order valence-electron chi connectivity index (χ1n) is 6.27. The van der Waals surface area contributed by atoms with Crippen LogP contribution in [0.2, 0.25) is 0 Å². The number of hydrogen-bond donors (Lipinski definition) is 1. The van der Waals surface area contributed by atoms with Gasteiger partial charge in [0, 0.05) is 12.0 Å². The second-order valence-electron chi connectivity index (χ2n) is 5.06. The van der Waals surface area contributed by atoms with Gasteiger partial charge in [0.05, 0.1) is 20.6 Å². The zero-order chi connectivity index (χ0) is 13.6. The molecule has 0 aliphatic heterocycles. The SMILES string of the molecule is C=CC(=O)C(c1ccccc1)[N+](C)(C)CCCN.[Cl-]. The molecule has 0 spiro atoms. The lowest BCUT2D eigenvalue weighted by atomic mass is 9.99. The van der Waals surface area contributed by atoms with E-state index in [9.17, 15) is 4.79 Å². The van der Waals surface area contributed by atoms with Gasteiger partial charge in [0.25, 0.3) is 0 Å². The Kier molecular flexibility index (Phi) is 7.61. The fourth-order valence-electron chi connectivity index (χ4n) is 2.29. The Morgan fingerprint density at radius 2 is 1.95 bits per heavy atom. The molecule has 0 saturated carbocycles. The minimum absolute atomic E-state index is 0. The van der Waals surface area contributed by atoms with Crippen molar-refractivity contribution in [1.29, 1.82) is 0 Å². The third-order valence-corrected chi connectivity index (χ3v) is 3.22. The number of ketones is 1. The first-order valence-corrected chi connectivity index (χ1v) is 6.27. The summed E-state index contributed by atoms with van der Waals surface area (Å²) < 4.78 is 0.603. The van der Waals surface area contributed by atoms with Crippen molar-refractivity contribution in [1.82, 2.24) is 0 Å². The van der Waals surface area contributed by atoms with E-state index in [1.807, 2.05) is 30.3 Å². The van der Waals surface area contributed by atoms with Gasteiger partial charge in [0.1, 0.15) is 0 Å². The van der Waals surface area contributed by atoms with E-state index in [0.29, 0.717) is 11.0 Å². The van der Waals surface area contributed by atoms with Crippen LogP contribution in [0.15, 0.2) is 43.0 Å². The fourth-order valence-corrected chi connectivity index (χ4v) is 2.29. The molecule has 0 radical (unpaired) electrons. The van der Waals surface area contributed by atoms with E-state index in [0.717, 1.165) is 18.5 Å². The van der Waals surface area contributed by atoms with E-state index in [4.69, 9.17) is 5.73 Å². The molecule has 1 aromatic rings. The molecular weight excluding hydrogens is 260 g/mol. The monoisotopic (exact) mass is 282 g/mol. The van der Waals surface area contributed by atoms with Crippen molar-refractivity contribution in [3.63, 3.8) is 0 Å². The van der Waals surface area contributed by atoms with Crippen LogP contribution < -0.4 is 18.1 Å². The lowest BCUT2D eigenvalue weighted by Gasteiger charge is -2.37. The van der Waals surface area contributed by atoms with Crippen molar-refractivity contribution in [2.75, 3.05) is 27.2 Å². The highest BCUT2D eigenvalue weighted by atomic mass is 35.5. The Morgan fingerprint density at radius 3 is 2.42 bits per heavy atom. The molecule has 0 bridgehead atoms. The molecule has 3 nitrogen and oxygen atoms in total. The Balaban J connectivity index is 0.00000324. The summed E-state index contributed by atoms with van der Waals surface area (Å²) in [7, 11) is 4.13. The first-order chi connectivity index (χ1) is 8.53. The number of halogens is 1. The zero-order valence-corrected chi connectivity index (χ0v) is 12.4. The van der Waals surface area contributed by atoms with Crippen molar-refractivity contribution in [2.24, 2.45) is 5.73 Å². The summed E-state index contributed by atoms with van der Waals surface area (Å²) >= 11 is 0. The van der Waals surface area contributed by atoms with Gasteiger partial charge in [-0.3, -0.25) is 4.79 Å². The number of carbonyl (C=O) groups is 1. The maximum absolute atomic E-state index is 12.2. The molecule has 1 unspecified atom stereocenters. The average Bonchev–Trinajstić information content (AvgIpc) is 2.37. The van der Waals surface area contributed by atoms with Crippen LogP contribution in [0.5, 0.6) is 0 Å². The number of nitrogens with two attached hydrogens (primary N) is 1. The molecule has 19 heavy (non-hydrogen) atoms. The van der Waals surface area contributed by atoms with Gasteiger partial charge in [-0.05, 0) is 12.6 Å². The number of nitrogens with zero attached hydrogens (tertiary/aromatic N) is 1. The van der Waals surface area contributed by atoms with Crippen LogP contribution in [0.1, 0.15) is 18.0 Å². The molecule has 1 aromatic carbocycles. The normalized spacial score (nSPS) is 12.4. The van der Waals surface area contributed by atoms with Gasteiger partial charge < -0.3 is 22.6 Å². The van der Waals surface area contributed by atoms with Crippen LogP contribution in [0.25, 0.3) is 0 Å². The number of hydrogen-bond acceptors (Lipinski definition) is 2. The summed E-state index contributed by atoms with van der Waals surface area (Å²) in [6, 6.07) is 9.67. The van der Waals surface area contributed by atoms with Gasteiger partial charge >= 0.3 is 0 Å². The molecular formula is C15H23ClN2O. The largest absolute Gasteiger partial charge is 1.00 e. The summed E-state index contributed by atoms with van der Waals surface area (Å²) in [6.07, 6.45) is 2.32. The molecule has 0 aliphatic rings. The minimum atomic E-state index is -0.199. The average molecular weight is 283 g/mol. The van der Waals surface area contributed by atoms with Gasteiger partial charge in [-0.25, -0.2) is 0 Å². The Morgan fingerprint density at radius 1 is 1.37 bits per heavy atom. The second kappa shape index (κ2) is 8.10. The quantitative estimate of drug-likeness (QED) is 0.510. The molecule has 0 saturated heterocycles. The van der Waals surface area contributed by atoms with Crippen LogP contribution >= 0.6 is 0 Å². The summed E-state index contributed by atoms with van der Waals surface area (Å²) in [6.45, 7) is 5.13. The minimum Gasteiger partial charge on any atom is -1.00 e. The third kappa shape index (κ3) is 4.78. The maximum atomic E-state index is 12.2. The van der Waals surface area contributed by atoms with E-state index < -0.39 is 0 Å². The highest BCUT2D eigenvalue weighted by Crippen LogP contribution is 2.26. The van der Waals surface area contributed by atoms with Gasteiger partial charge in [-0.2, -0.15) is 0 Å². The molecule has 0 amide bonds. The van der Waals surface area contributed by atoms with E-state index in [2.05, 4.69) is 20.7 Å². The van der Waals surface area contributed by atoms with E-state index in [1.165, 1.54) is 6.08 Å². The van der Waals surface area contributed by atoms with Crippen LogP contribution in [0, 0.1) is 0 Å². The highest BCUT2D eigenvalue weighted by molar-refractivity contribution is 5.93. The highest BCUT2D eigenvalue weighted by Gasteiger charge is 2.34. The zero-order valence-electron chi connectivity index (χ0n) is 11.7. The van der Waals surface area contributed by atoms with Gasteiger partial charge in [0.2, 0.25) is 5.78 Å². The Labute approximate surface area is 122 Å². The molecule has 0 heterocycles. The fraction of sp³-hybridized carbons (Fsp3) is 0.400. The number of quaternary nitrogens is 1. The standard InChI is InChI=1S/C15H23N2O.ClH/c1-4-14(18)15(13-9-6-5-7-10-13)17(2,3)12-8-11-16;/h4-7,9-10,15H,1,8,11-12,16H2,2-3H3;1H/q+1;/p-1. The Bertz CT molecular complexity index is 404. The number of carbonyl (C=O) groups excluding carboxylic acids is 1. The molecule has 106 valence electrons. The van der Waals surface area contributed by atoms with Crippen molar-refractivity contribution < 1.29 is 21.7 Å². The predicted molar refractivity (Wildman–Crippen MR) is 75.0 cm³/mol. The van der Waals surface area contributed by atoms with Crippen molar-refractivity contribution >= 4 is 5.78 Å². The number of benzene rings is 1. The molecule has 1 atom stereocenters. The van der Waals surface area contributed by atoms with Crippen LogP contribution in [-0.2, 0) is 4.79 Å². The molecule has 4 heteroatoms. The van der Waals surface area contributed by atoms with Gasteiger partial charge in [-0.1, -0.05) is 36.9 Å². The molecule has 0 aromatic heterocycles. The van der Waals surface area contributed by atoms with Crippen LogP contribution in [0.4, 0.5) is 0 Å². The van der Waals surface area contributed by atoms with Crippen molar-refractivity contribution in [3.8, 4) is 0 Å². The van der Waals surface area contributed by atoms with E-state index in [-0.39, 0.29) is 24.2 Å². The second-order valence-corrected chi connectivity index (χ2v) is 5.06. The summed E-state index contributed by atoms with van der Waals surface area (Å²) in [5, 5.41) is 0. The number of likely N-dealkylation sites (N-methyl/N-ethyl adjacent to an activating group) is 1. The molecule has 0 fully saturated rings. The summed E-state index contributed by atoms with van der Waals surface area (Å²) in [5.74, 6) is 0.0585. The summed E-state index contributed by atoms with van der Waals surface area (Å²) in [5.41, 5.74) is 6.60. The van der Waals surface area contributed by atoms with Crippen LogP contribution in [0.3, 0.4) is 0 Å². The summed E-state index contributed by atoms with van der Waals surface area (Å²) in [4.78, 5) is 12.2. The molecule has 1 rings (SSSR count). The maximum Gasteiger partial charge on any atom is 0.217 e. The van der Waals surface area contributed by atoms with Gasteiger partial charge in [-0.15, -0.1) is 0 Å². The first kappa shape index (κ1) is 17.8. The third-order valence-electron chi connectivity index (χ3n) is 3.22. The van der Waals surface area contributed by atoms with Gasteiger partial charge in [0.15, 0.2) is 6.04 Å². The van der Waals surface area contributed by atoms with Crippen LogP contribution in [-0.4, -0.2) is 37.5 Å². The molecule has 0 aliphatic carbocycles. The van der Waals surface area contributed by atoms with Crippen molar-refractivity contribution in [2.45, 2.75) is 12.5 Å². The lowest BCUT2D eigenvalue weighted by Crippen LogP contribution is -3.00.